The summed E-state index contributed by atoms with van der Waals surface area (Å²) in [4.78, 5) is 46.0. The SMILES string of the molecule is Cc1c2oc(C(=O)O)cc(=O)c2cc2c(=O)cc(C(=O)O)oc12. The van der Waals surface area contributed by atoms with Crippen LogP contribution in [-0.4, -0.2) is 22.2 Å². The highest BCUT2D eigenvalue weighted by atomic mass is 16.4. The predicted molar refractivity (Wildman–Crippen MR) is 77.2 cm³/mol. The molecular formula is C15H8O8. The Balaban J connectivity index is 2.56. The summed E-state index contributed by atoms with van der Waals surface area (Å²) < 4.78 is 10.3. The van der Waals surface area contributed by atoms with Crippen molar-refractivity contribution in [3.8, 4) is 0 Å². The zero-order valence-corrected chi connectivity index (χ0v) is 11.6. The maximum atomic E-state index is 12.0. The highest BCUT2D eigenvalue weighted by molar-refractivity contribution is 5.98. The molecule has 0 amide bonds. The normalized spacial score (nSPS) is 11.0. The summed E-state index contributed by atoms with van der Waals surface area (Å²) in [6.07, 6.45) is 0. The molecule has 8 nitrogen and oxygen atoms in total. The van der Waals surface area contributed by atoms with Gasteiger partial charge in [-0.15, -0.1) is 0 Å². The molecule has 0 atom stereocenters. The molecule has 2 N–H and O–H groups in total. The molecule has 8 heteroatoms. The number of carboxylic acids is 2. The Morgan fingerprint density at radius 3 is 1.57 bits per heavy atom. The lowest BCUT2D eigenvalue weighted by molar-refractivity contribution is 0.0654. The number of carboxylic acid groups (broad SMARTS) is 2. The molecule has 3 rings (SSSR count). The van der Waals surface area contributed by atoms with Crippen molar-refractivity contribution in [2.45, 2.75) is 6.92 Å². The summed E-state index contributed by atoms with van der Waals surface area (Å²) in [6.45, 7) is 1.44. The quantitative estimate of drug-likeness (QED) is 0.680. The summed E-state index contributed by atoms with van der Waals surface area (Å²) in [5.74, 6) is -3.99. The lowest BCUT2D eigenvalue weighted by Crippen LogP contribution is -2.10. The van der Waals surface area contributed by atoms with Crippen LogP contribution in [0.15, 0.2) is 36.6 Å². The molecule has 0 radical (unpaired) electrons. The Labute approximate surface area is 126 Å². The second kappa shape index (κ2) is 4.80. The van der Waals surface area contributed by atoms with Gasteiger partial charge in [-0.2, -0.15) is 0 Å². The predicted octanol–water partition coefficient (Wildman–Crippen LogP) is 1.60. The Bertz CT molecular complexity index is 1030. The van der Waals surface area contributed by atoms with Crippen molar-refractivity contribution in [1.82, 2.24) is 0 Å². The van der Waals surface area contributed by atoms with E-state index >= 15 is 0 Å². The first-order chi connectivity index (χ1) is 10.8. The molecule has 1 aromatic carbocycles. The van der Waals surface area contributed by atoms with E-state index in [0.717, 1.165) is 12.1 Å². The summed E-state index contributed by atoms with van der Waals surface area (Å²) in [6, 6.07) is 2.82. The molecule has 0 bridgehead atoms. The van der Waals surface area contributed by atoms with Crippen molar-refractivity contribution in [2.24, 2.45) is 0 Å². The molecule has 0 aliphatic carbocycles. The van der Waals surface area contributed by atoms with E-state index in [2.05, 4.69) is 0 Å². The van der Waals surface area contributed by atoms with Crippen LogP contribution in [0.2, 0.25) is 0 Å². The molecule has 0 spiro atoms. The molecule has 2 aromatic heterocycles. The fourth-order valence-corrected chi connectivity index (χ4v) is 2.29. The van der Waals surface area contributed by atoms with Gasteiger partial charge in [0.15, 0.2) is 10.9 Å². The smallest absolute Gasteiger partial charge is 0.371 e. The molecule has 0 fully saturated rings. The zero-order valence-electron chi connectivity index (χ0n) is 11.6. The van der Waals surface area contributed by atoms with Gasteiger partial charge in [-0.05, 0) is 13.0 Å². The summed E-state index contributed by atoms with van der Waals surface area (Å²) >= 11 is 0. The fourth-order valence-electron chi connectivity index (χ4n) is 2.29. The van der Waals surface area contributed by atoms with Crippen LogP contribution in [0.4, 0.5) is 0 Å². The van der Waals surface area contributed by atoms with Gasteiger partial charge in [0.2, 0.25) is 11.5 Å². The van der Waals surface area contributed by atoms with E-state index in [9.17, 15) is 19.2 Å². The summed E-state index contributed by atoms with van der Waals surface area (Å²) in [7, 11) is 0. The van der Waals surface area contributed by atoms with Crippen LogP contribution in [-0.2, 0) is 0 Å². The van der Waals surface area contributed by atoms with Crippen LogP contribution in [0.5, 0.6) is 0 Å². The van der Waals surface area contributed by atoms with Gasteiger partial charge in [0.25, 0.3) is 0 Å². The number of fused-ring (bicyclic) bond motifs is 2. The average Bonchev–Trinajstić information content (AvgIpc) is 2.48. The highest BCUT2D eigenvalue weighted by Gasteiger charge is 2.18. The van der Waals surface area contributed by atoms with Crippen molar-refractivity contribution >= 4 is 33.9 Å². The molecule has 2 heterocycles. The zero-order chi connectivity index (χ0) is 16.9. The van der Waals surface area contributed by atoms with Crippen LogP contribution in [0.25, 0.3) is 21.9 Å². The molecule has 0 unspecified atom stereocenters. The van der Waals surface area contributed by atoms with Crippen molar-refractivity contribution in [2.75, 3.05) is 0 Å². The molecule has 0 aliphatic heterocycles. The molecular weight excluding hydrogens is 308 g/mol. The van der Waals surface area contributed by atoms with Gasteiger partial charge in [-0.25, -0.2) is 9.59 Å². The number of aryl methyl sites for hydroxylation is 1. The number of hydrogen-bond acceptors (Lipinski definition) is 6. The van der Waals surface area contributed by atoms with E-state index < -0.39 is 34.3 Å². The van der Waals surface area contributed by atoms with E-state index in [-0.39, 0.29) is 27.5 Å². The van der Waals surface area contributed by atoms with E-state index in [1.54, 1.807) is 0 Å². The number of hydrogen-bond donors (Lipinski definition) is 2. The van der Waals surface area contributed by atoms with Gasteiger partial charge in [0.1, 0.15) is 11.2 Å². The minimum atomic E-state index is -1.43. The van der Waals surface area contributed by atoms with Crippen LogP contribution in [0.1, 0.15) is 26.7 Å². The largest absolute Gasteiger partial charge is 0.475 e. The van der Waals surface area contributed by atoms with Gasteiger partial charge >= 0.3 is 11.9 Å². The van der Waals surface area contributed by atoms with Crippen molar-refractivity contribution in [1.29, 1.82) is 0 Å². The standard InChI is InChI=1S/C15H8O8/c1-5-12-6(8(16)3-10(22-12)14(18)19)2-7-9(17)4-11(15(20)21)23-13(5)7/h2-4H,1H3,(H,18,19)(H,20,21). The first-order valence-electron chi connectivity index (χ1n) is 6.31. The van der Waals surface area contributed by atoms with E-state index in [0.29, 0.717) is 0 Å². The number of aromatic carboxylic acids is 2. The lowest BCUT2D eigenvalue weighted by atomic mass is 10.1. The number of rotatable bonds is 2. The summed E-state index contributed by atoms with van der Waals surface area (Å²) in [5.41, 5.74) is -1.25. The minimum Gasteiger partial charge on any atom is -0.475 e. The maximum absolute atomic E-state index is 12.0. The second-order valence-corrected chi connectivity index (χ2v) is 4.82. The van der Waals surface area contributed by atoms with Gasteiger partial charge in [-0.1, -0.05) is 0 Å². The molecule has 3 aromatic rings. The van der Waals surface area contributed by atoms with E-state index in [4.69, 9.17) is 19.0 Å². The van der Waals surface area contributed by atoms with Gasteiger partial charge < -0.3 is 19.0 Å². The molecule has 23 heavy (non-hydrogen) atoms. The number of carbonyl (C=O) groups is 2. The average molecular weight is 316 g/mol. The van der Waals surface area contributed by atoms with Gasteiger partial charge in [0, 0.05) is 17.7 Å². The van der Waals surface area contributed by atoms with E-state index in [1.807, 2.05) is 0 Å². The van der Waals surface area contributed by atoms with Crippen LogP contribution in [0.3, 0.4) is 0 Å². The molecule has 0 saturated carbocycles. The van der Waals surface area contributed by atoms with Crippen LogP contribution in [0, 0.1) is 6.92 Å². The van der Waals surface area contributed by atoms with Gasteiger partial charge in [0.05, 0.1) is 10.8 Å². The molecule has 116 valence electrons. The third-order valence-electron chi connectivity index (χ3n) is 3.36. The minimum absolute atomic E-state index is 0.00961. The summed E-state index contributed by atoms with van der Waals surface area (Å²) in [5, 5.41) is 17.9. The van der Waals surface area contributed by atoms with Crippen LogP contribution < -0.4 is 10.9 Å². The first kappa shape index (κ1) is 14.5. The maximum Gasteiger partial charge on any atom is 0.371 e. The second-order valence-electron chi connectivity index (χ2n) is 4.82. The Morgan fingerprint density at radius 1 is 0.826 bits per heavy atom. The third-order valence-corrected chi connectivity index (χ3v) is 3.36. The van der Waals surface area contributed by atoms with Crippen LogP contribution >= 0.6 is 0 Å². The van der Waals surface area contributed by atoms with E-state index in [1.165, 1.54) is 13.0 Å². The Kier molecular flexibility index (Phi) is 3.03. The third kappa shape index (κ3) is 2.16. The van der Waals surface area contributed by atoms with Crippen molar-refractivity contribution < 1.29 is 28.6 Å². The van der Waals surface area contributed by atoms with Gasteiger partial charge in [-0.3, -0.25) is 9.59 Å². The van der Waals surface area contributed by atoms with Crippen molar-refractivity contribution in [3.63, 3.8) is 0 Å². The fraction of sp³-hybridized carbons (Fsp3) is 0.0667. The first-order valence-corrected chi connectivity index (χ1v) is 6.31. The molecule has 0 aliphatic rings. The Hall–Kier alpha value is -3.42. The Morgan fingerprint density at radius 2 is 1.22 bits per heavy atom. The molecule has 0 saturated heterocycles. The lowest BCUT2D eigenvalue weighted by Gasteiger charge is -2.06. The van der Waals surface area contributed by atoms with Crippen molar-refractivity contribution in [3.05, 3.63) is 55.7 Å². The topological polar surface area (TPSA) is 135 Å². The highest BCUT2D eigenvalue weighted by Crippen LogP contribution is 2.26. The monoisotopic (exact) mass is 316 g/mol. The number of benzene rings is 1.